The number of rotatable bonds is 10. The second-order valence-corrected chi connectivity index (χ2v) is 9.39. The lowest BCUT2D eigenvalue weighted by atomic mass is 10.1. The molecule has 2 aliphatic rings. The van der Waals surface area contributed by atoms with Gasteiger partial charge < -0.3 is 40.5 Å². The van der Waals surface area contributed by atoms with Crippen molar-refractivity contribution in [1.82, 2.24) is 20.4 Å². The van der Waals surface area contributed by atoms with Gasteiger partial charge in [0.15, 0.2) is 6.04 Å². The van der Waals surface area contributed by atoms with Crippen molar-refractivity contribution in [3.8, 4) is 0 Å². The van der Waals surface area contributed by atoms with Crippen LogP contribution < -0.4 is 10.6 Å². The summed E-state index contributed by atoms with van der Waals surface area (Å²) in [5.74, 6) is -3.22. The van der Waals surface area contributed by atoms with Crippen LogP contribution in [0.1, 0.15) is 38.2 Å². The van der Waals surface area contributed by atoms with Crippen molar-refractivity contribution < 1.29 is 44.0 Å². The van der Waals surface area contributed by atoms with Gasteiger partial charge >= 0.3 is 12.1 Å². The van der Waals surface area contributed by atoms with Gasteiger partial charge in [-0.15, -0.1) is 0 Å². The van der Waals surface area contributed by atoms with Crippen LogP contribution in [0, 0.1) is 0 Å². The van der Waals surface area contributed by atoms with Crippen LogP contribution in [-0.2, 0) is 30.5 Å². The molecule has 1 aromatic rings. The van der Waals surface area contributed by atoms with Gasteiger partial charge in [-0.25, -0.2) is 9.59 Å². The van der Waals surface area contributed by atoms with Crippen LogP contribution in [-0.4, -0.2) is 105 Å². The van der Waals surface area contributed by atoms with Crippen molar-refractivity contribution in [2.45, 2.75) is 69.5 Å². The minimum Gasteiger partial charge on any atom is -0.480 e. The van der Waals surface area contributed by atoms with Gasteiger partial charge in [0.05, 0.1) is 12.7 Å². The van der Waals surface area contributed by atoms with E-state index in [0.717, 1.165) is 5.56 Å². The van der Waals surface area contributed by atoms with Gasteiger partial charge in [0.1, 0.15) is 24.7 Å². The number of carbonyl (C=O) groups excluding carboxylic acids is 4. The summed E-state index contributed by atoms with van der Waals surface area (Å²) in [6.45, 7) is 0.971. The molecule has 2 saturated heterocycles. The van der Waals surface area contributed by atoms with Gasteiger partial charge in [0.2, 0.25) is 17.7 Å². The third-order valence-electron chi connectivity index (χ3n) is 6.69. The Morgan fingerprint density at radius 1 is 1.00 bits per heavy atom. The highest BCUT2D eigenvalue weighted by Gasteiger charge is 2.44. The number of carbonyl (C=O) groups is 5. The number of amides is 4. The highest BCUT2D eigenvalue weighted by molar-refractivity contribution is 5.95. The predicted octanol–water partition coefficient (Wildman–Crippen LogP) is -0.794. The summed E-state index contributed by atoms with van der Waals surface area (Å²) in [4.78, 5) is 65.6. The molecule has 2 unspecified atom stereocenters. The lowest BCUT2D eigenvalue weighted by Crippen LogP contribution is -2.58. The summed E-state index contributed by atoms with van der Waals surface area (Å²) in [6, 6.07) is 4.22. The summed E-state index contributed by atoms with van der Waals surface area (Å²) in [5.41, 5.74) is 0.743. The molecule has 0 saturated carbocycles. The highest BCUT2D eigenvalue weighted by Crippen LogP contribution is 2.26. The van der Waals surface area contributed by atoms with Crippen molar-refractivity contribution in [2.24, 2.45) is 0 Å². The molecule has 13 heteroatoms. The molecule has 1 aromatic carbocycles. The molecule has 2 fully saturated rings. The number of aliphatic carboxylic acids is 1. The van der Waals surface area contributed by atoms with Gasteiger partial charge in [-0.2, -0.15) is 0 Å². The standard InChI is InChI=1S/C25H34N4O9/c1-15(31)20(24(35)36)27-21(32)18-9-5-11-28(18)23(34)19-10-6-12-29(19)22(33)17(13-30)26-25(37)38-14-16-7-3-2-4-8-16/h2-4,7-8,15,17-20,30-31H,5-6,9-14H2,1H3,(H,26,37)(H,27,32)(H,35,36)/t15?,17-,18-,19-,20?/m0/s1. The van der Waals surface area contributed by atoms with Crippen LogP contribution in [0.5, 0.6) is 0 Å². The van der Waals surface area contributed by atoms with Gasteiger partial charge in [-0.3, -0.25) is 14.4 Å². The molecule has 5 N–H and O–H groups in total. The van der Waals surface area contributed by atoms with Crippen LogP contribution in [0.2, 0.25) is 0 Å². The number of benzene rings is 1. The van der Waals surface area contributed by atoms with E-state index in [1.165, 1.54) is 16.7 Å². The molecule has 0 bridgehead atoms. The number of ether oxygens (including phenoxy) is 1. The Morgan fingerprint density at radius 3 is 2.24 bits per heavy atom. The molecule has 38 heavy (non-hydrogen) atoms. The van der Waals surface area contributed by atoms with E-state index in [9.17, 15) is 39.3 Å². The van der Waals surface area contributed by atoms with Crippen molar-refractivity contribution >= 4 is 29.8 Å². The van der Waals surface area contributed by atoms with E-state index in [2.05, 4.69) is 10.6 Å². The van der Waals surface area contributed by atoms with Crippen LogP contribution in [0.25, 0.3) is 0 Å². The fraction of sp³-hybridized carbons (Fsp3) is 0.560. The molecule has 3 rings (SSSR count). The van der Waals surface area contributed by atoms with Crippen LogP contribution >= 0.6 is 0 Å². The van der Waals surface area contributed by atoms with Gasteiger partial charge in [-0.1, -0.05) is 30.3 Å². The summed E-state index contributed by atoms with van der Waals surface area (Å²) >= 11 is 0. The normalized spacial score (nSPS) is 21.3. The number of alkyl carbamates (subject to hydrolysis) is 1. The Hall–Kier alpha value is -3.71. The Balaban J connectivity index is 1.62. The molecule has 5 atom stereocenters. The van der Waals surface area contributed by atoms with Gasteiger partial charge in [0.25, 0.3) is 0 Å². The van der Waals surface area contributed by atoms with E-state index < -0.39 is 66.7 Å². The van der Waals surface area contributed by atoms with E-state index >= 15 is 0 Å². The number of nitrogens with zero attached hydrogens (tertiary/aromatic N) is 2. The van der Waals surface area contributed by atoms with Crippen LogP contribution in [0.15, 0.2) is 30.3 Å². The van der Waals surface area contributed by atoms with Crippen LogP contribution in [0.4, 0.5) is 4.79 Å². The average Bonchev–Trinajstić information content (AvgIpc) is 3.59. The monoisotopic (exact) mass is 534 g/mol. The first-order valence-corrected chi connectivity index (χ1v) is 12.5. The summed E-state index contributed by atoms with van der Waals surface area (Å²) in [7, 11) is 0. The molecule has 2 aliphatic heterocycles. The molecule has 0 radical (unpaired) electrons. The zero-order valence-electron chi connectivity index (χ0n) is 21.1. The first-order chi connectivity index (χ1) is 18.1. The predicted molar refractivity (Wildman–Crippen MR) is 131 cm³/mol. The average molecular weight is 535 g/mol. The maximum absolute atomic E-state index is 13.4. The summed E-state index contributed by atoms with van der Waals surface area (Å²) in [6.07, 6.45) is -0.592. The number of aliphatic hydroxyl groups excluding tert-OH is 2. The fourth-order valence-corrected chi connectivity index (χ4v) is 4.71. The number of hydrogen-bond donors (Lipinski definition) is 5. The second-order valence-electron chi connectivity index (χ2n) is 9.39. The lowest BCUT2D eigenvalue weighted by Gasteiger charge is -2.33. The third kappa shape index (κ3) is 6.98. The highest BCUT2D eigenvalue weighted by atomic mass is 16.5. The minimum absolute atomic E-state index is 0.0277. The maximum atomic E-state index is 13.4. The first-order valence-electron chi connectivity index (χ1n) is 12.5. The molecule has 4 amide bonds. The Bertz CT molecular complexity index is 1020. The molecule has 13 nitrogen and oxygen atoms in total. The van der Waals surface area contributed by atoms with Crippen molar-refractivity contribution in [2.75, 3.05) is 19.7 Å². The van der Waals surface area contributed by atoms with Crippen molar-refractivity contribution in [3.05, 3.63) is 35.9 Å². The van der Waals surface area contributed by atoms with Crippen molar-refractivity contribution in [3.63, 3.8) is 0 Å². The second kappa shape index (κ2) is 13.2. The van der Waals surface area contributed by atoms with Crippen LogP contribution in [0.3, 0.4) is 0 Å². The number of likely N-dealkylation sites (tertiary alicyclic amines) is 2. The van der Waals surface area contributed by atoms with Gasteiger partial charge in [0, 0.05) is 13.1 Å². The molecule has 0 spiro atoms. The Kier molecular flexibility index (Phi) is 10.0. The quantitative estimate of drug-likeness (QED) is 0.256. The van der Waals surface area contributed by atoms with E-state index in [0.29, 0.717) is 25.7 Å². The van der Waals surface area contributed by atoms with E-state index in [1.807, 2.05) is 6.07 Å². The number of hydrogen-bond acceptors (Lipinski definition) is 8. The smallest absolute Gasteiger partial charge is 0.408 e. The SMILES string of the molecule is CC(O)C(NC(=O)[C@@H]1CCCN1C(=O)[C@@H]1CCCN1C(=O)[C@H](CO)NC(=O)OCc1ccccc1)C(=O)O. The zero-order chi connectivity index (χ0) is 27.8. The maximum Gasteiger partial charge on any atom is 0.408 e. The van der Waals surface area contributed by atoms with E-state index in [4.69, 9.17) is 4.74 Å². The van der Waals surface area contributed by atoms with Crippen molar-refractivity contribution in [1.29, 1.82) is 0 Å². The molecule has 2 heterocycles. The largest absolute Gasteiger partial charge is 0.480 e. The Morgan fingerprint density at radius 2 is 1.63 bits per heavy atom. The lowest BCUT2D eigenvalue weighted by molar-refractivity contribution is -0.149. The van der Waals surface area contributed by atoms with E-state index in [-0.39, 0.29) is 19.7 Å². The number of carboxylic acid groups (broad SMARTS) is 1. The Labute approximate surface area is 219 Å². The summed E-state index contributed by atoms with van der Waals surface area (Å²) < 4.78 is 5.12. The molecule has 208 valence electrons. The minimum atomic E-state index is -1.53. The molecular formula is C25H34N4O9. The summed E-state index contributed by atoms with van der Waals surface area (Å²) in [5, 5.41) is 33.3. The molecule has 0 aromatic heterocycles. The molecular weight excluding hydrogens is 500 g/mol. The first kappa shape index (κ1) is 28.9. The third-order valence-corrected chi connectivity index (χ3v) is 6.69. The fourth-order valence-electron chi connectivity index (χ4n) is 4.71. The molecule has 0 aliphatic carbocycles. The number of aliphatic hydroxyl groups is 2. The topological polar surface area (TPSA) is 186 Å². The number of nitrogens with one attached hydrogen (secondary N) is 2. The van der Waals surface area contributed by atoms with Gasteiger partial charge in [-0.05, 0) is 38.2 Å². The zero-order valence-corrected chi connectivity index (χ0v) is 21.1. The number of carboxylic acids is 1. The van der Waals surface area contributed by atoms with E-state index in [1.54, 1.807) is 24.3 Å².